The molecule has 20 heavy (non-hydrogen) atoms. The van der Waals surface area contributed by atoms with E-state index in [0.29, 0.717) is 19.5 Å². The molecule has 1 aliphatic heterocycles. The van der Waals surface area contributed by atoms with Gasteiger partial charge in [-0.3, -0.25) is 9.78 Å². The molecule has 100 valence electrons. The van der Waals surface area contributed by atoms with Crippen LogP contribution in [0.15, 0.2) is 41.6 Å². The maximum absolute atomic E-state index is 12.2. The van der Waals surface area contributed by atoms with Crippen LogP contribution in [0.5, 0.6) is 0 Å². The van der Waals surface area contributed by atoms with Crippen molar-refractivity contribution in [2.75, 3.05) is 18.0 Å². The maximum Gasteiger partial charge on any atom is 0.227 e. The summed E-state index contributed by atoms with van der Waals surface area (Å²) in [5.74, 6) is 0.157. The number of carbonyl (C=O) groups excluding carboxylic acids is 1. The quantitative estimate of drug-likeness (QED) is 0.486. The van der Waals surface area contributed by atoms with Gasteiger partial charge in [0.05, 0.1) is 11.2 Å². The molecule has 2 heterocycles. The molecule has 3 rings (SSSR count). The number of rotatable bonds is 3. The minimum absolute atomic E-state index is 0.0690. The van der Waals surface area contributed by atoms with Crippen LogP contribution in [0, 0.1) is 5.92 Å². The fraction of sp³-hybridized carbons (Fsp3) is 0.286. The molecule has 1 aromatic carbocycles. The molecule has 6 nitrogen and oxygen atoms in total. The molecule has 1 fully saturated rings. The van der Waals surface area contributed by atoms with Crippen molar-refractivity contribution in [3.8, 4) is 0 Å². The first kappa shape index (κ1) is 12.4. The van der Waals surface area contributed by atoms with Gasteiger partial charge >= 0.3 is 0 Å². The topological polar surface area (TPSA) is 82.0 Å². The van der Waals surface area contributed by atoms with E-state index in [-0.39, 0.29) is 11.8 Å². The first-order valence-electron chi connectivity index (χ1n) is 6.44. The number of fused-ring (bicyclic) bond motifs is 1. The Morgan fingerprint density at radius 2 is 2.30 bits per heavy atom. The van der Waals surface area contributed by atoms with E-state index in [9.17, 15) is 4.79 Å². The van der Waals surface area contributed by atoms with E-state index in [1.165, 1.54) is 0 Å². The minimum atomic E-state index is 0.0690. The second-order valence-electron chi connectivity index (χ2n) is 4.84. The normalized spacial score (nSPS) is 18.3. The lowest BCUT2D eigenvalue weighted by molar-refractivity contribution is -0.117. The summed E-state index contributed by atoms with van der Waals surface area (Å²) in [6.07, 6.45) is 2.16. The van der Waals surface area contributed by atoms with Crippen molar-refractivity contribution in [3.63, 3.8) is 0 Å². The summed E-state index contributed by atoms with van der Waals surface area (Å²) in [7, 11) is 0. The lowest BCUT2D eigenvalue weighted by atomic mass is 10.1. The molecule has 6 heteroatoms. The van der Waals surface area contributed by atoms with E-state index >= 15 is 0 Å². The molecule has 1 aromatic heterocycles. The molecule has 0 bridgehead atoms. The summed E-state index contributed by atoms with van der Waals surface area (Å²) in [6.45, 7) is 0.952. The Balaban J connectivity index is 1.95. The van der Waals surface area contributed by atoms with Gasteiger partial charge in [0.2, 0.25) is 5.91 Å². The Morgan fingerprint density at radius 3 is 3.15 bits per heavy atom. The lowest BCUT2D eigenvalue weighted by Gasteiger charge is -2.18. The average molecular weight is 267 g/mol. The van der Waals surface area contributed by atoms with Crippen molar-refractivity contribution in [1.29, 1.82) is 0 Å². The molecular formula is C14H13N5O. The predicted octanol–water partition coefficient (Wildman–Crippen LogP) is 2.90. The summed E-state index contributed by atoms with van der Waals surface area (Å²) in [5, 5.41) is 4.53. The summed E-state index contributed by atoms with van der Waals surface area (Å²) in [4.78, 5) is 21.0. The number of anilines is 1. The Hall–Kier alpha value is -2.59. The van der Waals surface area contributed by atoms with Crippen LogP contribution in [0.3, 0.4) is 0 Å². The van der Waals surface area contributed by atoms with Gasteiger partial charge in [-0.1, -0.05) is 11.2 Å². The molecule has 0 saturated carbocycles. The highest BCUT2D eigenvalue weighted by atomic mass is 16.2. The number of benzene rings is 1. The average Bonchev–Trinajstić information content (AvgIpc) is 2.85. The Kier molecular flexibility index (Phi) is 3.23. The van der Waals surface area contributed by atoms with Gasteiger partial charge in [0, 0.05) is 36.0 Å². The molecule has 1 atom stereocenters. The molecule has 1 aliphatic rings. The molecule has 1 saturated heterocycles. The molecule has 2 aromatic rings. The molecular weight excluding hydrogens is 254 g/mol. The van der Waals surface area contributed by atoms with Gasteiger partial charge in [-0.25, -0.2) is 0 Å². The first-order chi connectivity index (χ1) is 9.79. The number of hydrogen-bond acceptors (Lipinski definition) is 3. The van der Waals surface area contributed by atoms with Crippen LogP contribution in [-0.4, -0.2) is 24.0 Å². The predicted molar refractivity (Wildman–Crippen MR) is 76.2 cm³/mol. The van der Waals surface area contributed by atoms with Crippen molar-refractivity contribution in [2.45, 2.75) is 6.42 Å². The molecule has 0 spiro atoms. The van der Waals surface area contributed by atoms with E-state index in [1.54, 1.807) is 11.1 Å². The highest BCUT2D eigenvalue weighted by Gasteiger charge is 2.30. The highest BCUT2D eigenvalue weighted by Crippen LogP contribution is 2.30. The third-order valence-electron chi connectivity index (χ3n) is 3.52. The minimum Gasteiger partial charge on any atom is -0.311 e. The smallest absolute Gasteiger partial charge is 0.227 e. The number of amides is 1. The van der Waals surface area contributed by atoms with Crippen molar-refractivity contribution < 1.29 is 4.79 Å². The standard InChI is InChI=1S/C14H13N5O/c15-18-17-8-10-7-14(20)19(9-10)13-5-1-4-12-11(13)3-2-6-16-12/h1-6,10H,7-9H2. The van der Waals surface area contributed by atoms with Crippen molar-refractivity contribution in [3.05, 3.63) is 47.0 Å². The number of pyridine rings is 1. The Bertz CT molecular complexity index is 702. The molecule has 0 aliphatic carbocycles. The van der Waals surface area contributed by atoms with Crippen LogP contribution in [0.25, 0.3) is 21.3 Å². The lowest BCUT2D eigenvalue weighted by Crippen LogP contribution is -2.25. The van der Waals surface area contributed by atoms with Crippen molar-refractivity contribution >= 4 is 22.5 Å². The van der Waals surface area contributed by atoms with E-state index in [1.807, 2.05) is 30.3 Å². The highest BCUT2D eigenvalue weighted by molar-refractivity contribution is 6.04. The third-order valence-corrected chi connectivity index (χ3v) is 3.52. The van der Waals surface area contributed by atoms with Gasteiger partial charge < -0.3 is 4.90 Å². The number of nitrogens with zero attached hydrogens (tertiary/aromatic N) is 5. The van der Waals surface area contributed by atoms with Crippen LogP contribution >= 0.6 is 0 Å². The molecule has 0 N–H and O–H groups in total. The largest absolute Gasteiger partial charge is 0.311 e. The summed E-state index contributed by atoms with van der Waals surface area (Å²) in [6, 6.07) is 9.59. The van der Waals surface area contributed by atoms with E-state index in [0.717, 1.165) is 16.6 Å². The van der Waals surface area contributed by atoms with Gasteiger partial charge in [-0.05, 0) is 35.7 Å². The third kappa shape index (κ3) is 2.17. The first-order valence-corrected chi connectivity index (χ1v) is 6.44. The van der Waals surface area contributed by atoms with Crippen LogP contribution in [0.4, 0.5) is 5.69 Å². The van der Waals surface area contributed by atoms with E-state index in [4.69, 9.17) is 5.53 Å². The van der Waals surface area contributed by atoms with Crippen LogP contribution < -0.4 is 4.90 Å². The van der Waals surface area contributed by atoms with E-state index < -0.39 is 0 Å². The van der Waals surface area contributed by atoms with Crippen LogP contribution in [0.1, 0.15) is 6.42 Å². The Labute approximate surface area is 115 Å². The van der Waals surface area contributed by atoms with Crippen LogP contribution in [0.2, 0.25) is 0 Å². The summed E-state index contributed by atoms with van der Waals surface area (Å²) < 4.78 is 0. The zero-order valence-corrected chi connectivity index (χ0v) is 10.8. The van der Waals surface area contributed by atoms with Crippen molar-refractivity contribution in [2.24, 2.45) is 11.0 Å². The second kappa shape index (κ2) is 5.19. The number of hydrogen-bond donors (Lipinski definition) is 0. The maximum atomic E-state index is 12.2. The number of carbonyl (C=O) groups is 1. The monoisotopic (exact) mass is 267 g/mol. The molecule has 1 unspecified atom stereocenters. The zero-order valence-electron chi connectivity index (χ0n) is 10.8. The van der Waals surface area contributed by atoms with Gasteiger partial charge in [-0.15, -0.1) is 0 Å². The summed E-state index contributed by atoms with van der Waals surface area (Å²) in [5.41, 5.74) is 10.1. The van der Waals surface area contributed by atoms with E-state index in [2.05, 4.69) is 15.0 Å². The van der Waals surface area contributed by atoms with Crippen molar-refractivity contribution in [1.82, 2.24) is 4.98 Å². The van der Waals surface area contributed by atoms with Gasteiger partial charge in [-0.2, -0.15) is 0 Å². The van der Waals surface area contributed by atoms with Crippen LogP contribution in [-0.2, 0) is 4.79 Å². The fourth-order valence-corrected chi connectivity index (χ4v) is 2.61. The van der Waals surface area contributed by atoms with Gasteiger partial charge in [0.15, 0.2) is 0 Å². The zero-order chi connectivity index (χ0) is 13.9. The number of azide groups is 1. The molecule has 1 amide bonds. The second-order valence-corrected chi connectivity index (χ2v) is 4.84. The summed E-state index contributed by atoms with van der Waals surface area (Å²) >= 11 is 0. The Morgan fingerprint density at radius 1 is 1.40 bits per heavy atom. The van der Waals surface area contributed by atoms with Gasteiger partial charge in [0.25, 0.3) is 0 Å². The fourth-order valence-electron chi connectivity index (χ4n) is 2.61. The van der Waals surface area contributed by atoms with Gasteiger partial charge in [0.1, 0.15) is 0 Å². The molecule has 0 radical (unpaired) electrons. The number of aromatic nitrogens is 1. The SMILES string of the molecule is [N-]=[N+]=NCC1CC(=O)N(c2cccc3ncccc23)C1.